The summed E-state index contributed by atoms with van der Waals surface area (Å²) in [5.41, 5.74) is 2.02. The summed E-state index contributed by atoms with van der Waals surface area (Å²) in [4.78, 5) is 30.1. The van der Waals surface area contributed by atoms with E-state index in [4.69, 9.17) is 4.74 Å². The molecule has 0 radical (unpaired) electrons. The van der Waals surface area contributed by atoms with Gasteiger partial charge in [0, 0.05) is 25.5 Å². The fourth-order valence-corrected chi connectivity index (χ4v) is 3.45. The molecule has 4 rings (SSSR count). The van der Waals surface area contributed by atoms with Crippen molar-refractivity contribution in [2.45, 2.75) is 20.0 Å². The molecule has 3 heterocycles. The summed E-state index contributed by atoms with van der Waals surface area (Å²) >= 11 is 0. The molecule has 1 aromatic carbocycles. The van der Waals surface area contributed by atoms with Gasteiger partial charge < -0.3 is 9.30 Å². The Morgan fingerprint density at radius 1 is 1.18 bits per heavy atom. The molecule has 0 aliphatic rings. The first-order valence-corrected chi connectivity index (χ1v) is 8.87. The quantitative estimate of drug-likeness (QED) is 0.495. The van der Waals surface area contributed by atoms with Crippen molar-refractivity contribution in [1.29, 1.82) is 0 Å². The highest BCUT2D eigenvalue weighted by atomic mass is 16.5. The van der Waals surface area contributed by atoms with E-state index >= 15 is 0 Å². The fourth-order valence-electron chi connectivity index (χ4n) is 3.45. The molecule has 0 unspecified atom stereocenters. The predicted molar refractivity (Wildman–Crippen MR) is 107 cm³/mol. The molecule has 0 bridgehead atoms. The number of rotatable bonds is 5. The molecule has 0 amide bonds. The first-order valence-electron chi connectivity index (χ1n) is 8.87. The van der Waals surface area contributed by atoms with Gasteiger partial charge in [-0.3, -0.25) is 18.3 Å². The van der Waals surface area contributed by atoms with Gasteiger partial charge in [-0.1, -0.05) is 18.2 Å². The first kappa shape index (κ1) is 17.8. The summed E-state index contributed by atoms with van der Waals surface area (Å²) in [6, 6.07) is 7.80. The molecule has 8 nitrogen and oxygen atoms in total. The zero-order valence-electron chi connectivity index (χ0n) is 16.0. The standard InChI is InChI=1S/C20H21N5O3/c1-5-10-23-18(26)16-17(22(3)20(23)27)21-19-24(13(2)11-25(16)19)12-14-6-8-15(28-4)9-7-14/h5-9,11H,1,10,12H2,2-4H3. The number of nitrogens with zero attached hydrogens (tertiary/aromatic N) is 5. The number of hydrogen-bond acceptors (Lipinski definition) is 4. The number of fused-ring (bicyclic) bond motifs is 3. The Kier molecular flexibility index (Phi) is 4.18. The van der Waals surface area contributed by atoms with E-state index in [1.54, 1.807) is 18.6 Å². The van der Waals surface area contributed by atoms with Crippen LogP contribution in [-0.4, -0.2) is 30.2 Å². The van der Waals surface area contributed by atoms with Crippen LogP contribution in [0.4, 0.5) is 0 Å². The molecular weight excluding hydrogens is 358 g/mol. The second-order valence-corrected chi connectivity index (χ2v) is 6.70. The lowest BCUT2D eigenvalue weighted by Crippen LogP contribution is -2.39. The van der Waals surface area contributed by atoms with Crippen LogP contribution in [0.3, 0.4) is 0 Å². The highest BCUT2D eigenvalue weighted by Gasteiger charge is 2.19. The van der Waals surface area contributed by atoms with Gasteiger partial charge in [-0.15, -0.1) is 6.58 Å². The minimum Gasteiger partial charge on any atom is -0.497 e. The smallest absolute Gasteiger partial charge is 0.332 e. The molecule has 0 aliphatic heterocycles. The summed E-state index contributed by atoms with van der Waals surface area (Å²) in [6.45, 7) is 6.34. The molecule has 4 aromatic rings. The Morgan fingerprint density at radius 3 is 2.54 bits per heavy atom. The van der Waals surface area contributed by atoms with Gasteiger partial charge in [0.1, 0.15) is 5.75 Å². The van der Waals surface area contributed by atoms with E-state index in [0.29, 0.717) is 23.5 Å². The third kappa shape index (κ3) is 2.57. The number of imidazole rings is 2. The van der Waals surface area contributed by atoms with Crippen molar-refractivity contribution in [1.82, 2.24) is 23.1 Å². The van der Waals surface area contributed by atoms with Crippen molar-refractivity contribution in [3.05, 3.63) is 75.2 Å². The Hall–Kier alpha value is -3.55. The lowest BCUT2D eigenvalue weighted by atomic mass is 10.2. The zero-order chi connectivity index (χ0) is 20.0. The second kappa shape index (κ2) is 6.56. The minimum atomic E-state index is -0.406. The van der Waals surface area contributed by atoms with E-state index in [0.717, 1.165) is 17.0 Å². The maximum atomic E-state index is 12.9. The average Bonchev–Trinajstić information content (AvgIpc) is 3.20. The number of aromatic nitrogens is 5. The molecule has 0 spiro atoms. The Morgan fingerprint density at radius 2 is 1.89 bits per heavy atom. The van der Waals surface area contributed by atoms with Crippen LogP contribution in [0.2, 0.25) is 0 Å². The fraction of sp³-hybridized carbons (Fsp3) is 0.250. The molecule has 0 atom stereocenters. The van der Waals surface area contributed by atoms with Gasteiger partial charge >= 0.3 is 5.69 Å². The molecule has 0 N–H and O–H groups in total. The van der Waals surface area contributed by atoms with Gasteiger partial charge in [0.25, 0.3) is 5.56 Å². The van der Waals surface area contributed by atoms with E-state index in [1.165, 1.54) is 15.2 Å². The molecule has 3 aromatic heterocycles. The lowest BCUT2D eigenvalue weighted by Gasteiger charge is -2.07. The van der Waals surface area contributed by atoms with Crippen LogP contribution in [0.15, 0.2) is 52.7 Å². The van der Waals surface area contributed by atoms with Crippen LogP contribution in [0, 0.1) is 6.92 Å². The average molecular weight is 379 g/mol. The lowest BCUT2D eigenvalue weighted by molar-refractivity contribution is 0.414. The molecule has 0 aliphatic carbocycles. The second-order valence-electron chi connectivity index (χ2n) is 6.70. The Balaban J connectivity index is 1.94. The van der Waals surface area contributed by atoms with Crippen molar-refractivity contribution >= 4 is 16.9 Å². The maximum absolute atomic E-state index is 12.9. The molecule has 0 saturated heterocycles. The summed E-state index contributed by atoms with van der Waals surface area (Å²) in [5.74, 6) is 1.41. The number of methoxy groups -OCH3 is 1. The molecule has 144 valence electrons. The summed E-state index contributed by atoms with van der Waals surface area (Å²) in [7, 11) is 3.25. The maximum Gasteiger partial charge on any atom is 0.332 e. The van der Waals surface area contributed by atoms with Gasteiger partial charge in [0.15, 0.2) is 11.2 Å². The van der Waals surface area contributed by atoms with E-state index in [2.05, 4.69) is 11.6 Å². The monoisotopic (exact) mass is 379 g/mol. The van der Waals surface area contributed by atoms with Gasteiger partial charge in [-0.25, -0.2) is 4.79 Å². The van der Waals surface area contributed by atoms with Crippen LogP contribution in [-0.2, 0) is 20.1 Å². The van der Waals surface area contributed by atoms with E-state index < -0.39 is 5.69 Å². The number of aryl methyl sites for hydroxylation is 2. The van der Waals surface area contributed by atoms with Crippen LogP contribution in [0.25, 0.3) is 16.9 Å². The SMILES string of the molecule is C=CCn1c(=O)c2c(nc3n(Cc4ccc(OC)cc4)c(C)cn23)n(C)c1=O. The predicted octanol–water partition coefficient (Wildman–Crippen LogP) is 1.70. The van der Waals surface area contributed by atoms with E-state index in [1.807, 2.05) is 42.0 Å². The normalized spacial score (nSPS) is 11.4. The topological polar surface area (TPSA) is 75.5 Å². The van der Waals surface area contributed by atoms with Crippen molar-refractivity contribution in [3.63, 3.8) is 0 Å². The summed E-state index contributed by atoms with van der Waals surface area (Å²) in [6.07, 6.45) is 3.41. The molecule has 28 heavy (non-hydrogen) atoms. The van der Waals surface area contributed by atoms with Gasteiger partial charge in [-0.05, 0) is 24.6 Å². The molecule has 8 heteroatoms. The molecule has 0 saturated carbocycles. The number of hydrogen-bond donors (Lipinski definition) is 0. The number of allylic oxidation sites excluding steroid dienone is 1. The minimum absolute atomic E-state index is 0.153. The summed E-state index contributed by atoms with van der Waals surface area (Å²) < 4.78 is 11.6. The number of benzene rings is 1. The van der Waals surface area contributed by atoms with Crippen molar-refractivity contribution in [3.8, 4) is 5.75 Å². The zero-order valence-corrected chi connectivity index (χ0v) is 16.0. The first-order chi connectivity index (χ1) is 13.5. The largest absolute Gasteiger partial charge is 0.497 e. The van der Waals surface area contributed by atoms with Crippen molar-refractivity contribution in [2.24, 2.45) is 7.05 Å². The number of ether oxygens (including phenoxy) is 1. The molecular formula is C20H21N5O3. The van der Waals surface area contributed by atoms with Crippen LogP contribution < -0.4 is 16.0 Å². The summed E-state index contributed by atoms with van der Waals surface area (Å²) in [5, 5.41) is 0. The highest BCUT2D eigenvalue weighted by molar-refractivity contribution is 5.75. The Labute approximate surface area is 160 Å². The van der Waals surface area contributed by atoms with Crippen LogP contribution in [0.5, 0.6) is 5.75 Å². The molecule has 0 fully saturated rings. The third-order valence-electron chi connectivity index (χ3n) is 4.95. The van der Waals surface area contributed by atoms with Crippen molar-refractivity contribution in [2.75, 3.05) is 7.11 Å². The third-order valence-corrected chi connectivity index (χ3v) is 4.95. The van der Waals surface area contributed by atoms with Gasteiger partial charge in [-0.2, -0.15) is 4.98 Å². The van der Waals surface area contributed by atoms with Gasteiger partial charge in [0.05, 0.1) is 13.7 Å². The van der Waals surface area contributed by atoms with E-state index in [9.17, 15) is 9.59 Å². The van der Waals surface area contributed by atoms with Crippen LogP contribution >= 0.6 is 0 Å². The van der Waals surface area contributed by atoms with E-state index in [-0.39, 0.29) is 12.1 Å². The highest BCUT2D eigenvalue weighted by Crippen LogP contribution is 2.19. The van der Waals surface area contributed by atoms with Crippen molar-refractivity contribution < 1.29 is 4.74 Å². The van der Waals surface area contributed by atoms with Gasteiger partial charge in [0.2, 0.25) is 5.78 Å². The Bertz CT molecular complexity index is 1320. The van der Waals surface area contributed by atoms with Crippen LogP contribution in [0.1, 0.15) is 11.3 Å².